The Morgan fingerprint density at radius 3 is 2.90 bits per heavy atom. The molecule has 1 amide bonds. The highest BCUT2D eigenvalue weighted by Crippen LogP contribution is 2.19. The molecular formula is C17H25NO3. The zero-order valence-corrected chi connectivity index (χ0v) is 13.0. The number of nitrogens with zero attached hydrogens (tertiary/aromatic N) is 1. The summed E-state index contributed by atoms with van der Waals surface area (Å²) < 4.78 is 11.0. The van der Waals surface area contributed by atoms with Crippen LogP contribution in [0.5, 0.6) is 5.75 Å². The van der Waals surface area contributed by atoms with E-state index in [4.69, 9.17) is 9.47 Å². The van der Waals surface area contributed by atoms with Crippen molar-refractivity contribution >= 4 is 5.91 Å². The van der Waals surface area contributed by atoms with Crippen molar-refractivity contribution in [2.45, 2.75) is 38.2 Å². The van der Waals surface area contributed by atoms with E-state index in [1.807, 2.05) is 31.3 Å². The zero-order chi connectivity index (χ0) is 15.1. The lowest BCUT2D eigenvalue weighted by Crippen LogP contribution is -2.33. The largest absolute Gasteiger partial charge is 0.496 e. The fourth-order valence-corrected chi connectivity index (χ4v) is 2.64. The molecule has 0 spiro atoms. The molecule has 0 saturated carbocycles. The van der Waals surface area contributed by atoms with Crippen molar-refractivity contribution in [1.82, 2.24) is 4.90 Å². The summed E-state index contributed by atoms with van der Waals surface area (Å²) in [6, 6.07) is 7.95. The van der Waals surface area contributed by atoms with Gasteiger partial charge in [-0.2, -0.15) is 0 Å². The van der Waals surface area contributed by atoms with E-state index in [9.17, 15) is 4.79 Å². The van der Waals surface area contributed by atoms with Crippen molar-refractivity contribution in [3.63, 3.8) is 0 Å². The van der Waals surface area contributed by atoms with Crippen LogP contribution in [-0.4, -0.2) is 44.2 Å². The fourth-order valence-electron chi connectivity index (χ4n) is 2.64. The molecule has 116 valence electrons. The fraction of sp³-hybridized carbons (Fsp3) is 0.588. The summed E-state index contributed by atoms with van der Waals surface area (Å²) in [6.07, 6.45) is 4.71. The Labute approximate surface area is 127 Å². The van der Waals surface area contributed by atoms with Gasteiger partial charge in [0.15, 0.2) is 0 Å². The van der Waals surface area contributed by atoms with Gasteiger partial charge in [-0.1, -0.05) is 18.2 Å². The Morgan fingerprint density at radius 1 is 1.38 bits per heavy atom. The molecule has 1 aliphatic rings. The van der Waals surface area contributed by atoms with Crippen molar-refractivity contribution in [3.8, 4) is 5.75 Å². The second-order valence-corrected chi connectivity index (χ2v) is 5.57. The molecule has 0 aromatic heterocycles. The first-order chi connectivity index (χ1) is 10.2. The number of hydrogen-bond donors (Lipinski definition) is 0. The van der Waals surface area contributed by atoms with Crippen LogP contribution in [-0.2, 0) is 16.0 Å². The van der Waals surface area contributed by atoms with Gasteiger partial charge in [-0.25, -0.2) is 0 Å². The summed E-state index contributed by atoms with van der Waals surface area (Å²) in [7, 11) is 3.54. The smallest absolute Gasteiger partial charge is 0.224 e. The van der Waals surface area contributed by atoms with Crippen molar-refractivity contribution in [2.75, 3.05) is 27.3 Å². The number of benzene rings is 1. The Kier molecular flexibility index (Phi) is 6.05. The molecule has 0 radical (unpaired) electrons. The predicted octanol–water partition coefficient (Wildman–Crippen LogP) is 2.66. The van der Waals surface area contributed by atoms with Crippen molar-refractivity contribution in [1.29, 1.82) is 0 Å². The highest BCUT2D eigenvalue weighted by Gasteiger charge is 2.19. The highest BCUT2D eigenvalue weighted by molar-refractivity contribution is 5.76. The first-order valence-electron chi connectivity index (χ1n) is 7.68. The third kappa shape index (κ3) is 4.74. The minimum atomic E-state index is 0.111. The number of likely N-dealkylation sites (N-methyl/N-ethyl adjacent to an activating group) is 1. The molecule has 4 heteroatoms. The third-order valence-electron chi connectivity index (χ3n) is 4.01. The van der Waals surface area contributed by atoms with Crippen molar-refractivity contribution in [3.05, 3.63) is 29.8 Å². The number of carbonyl (C=O) groups is 1. The van der Waals surface area contributed by atoms with Gasteiger partial charge in [0, 0.05) is 20.2 Å². The van der Waals surface area contributed by atoms with Gasteiger partial charge >= 0.3 is 0 Å². The maximum absolute atomic E-state index is 12.2. The highest BCUT2D eigenvalue weighted by atomic mass is 16.5. The van der Waals surface area contributed by atoms with E-state index in [0.29, 0.717) is 13.0 Å². The monoisotopic (exact) mass is 291 g/mol. The van der Waals surface area contributed by atoms with E-state index >= 15 is 0 Å². The predicted molar refractivity (Wildman–Crippen MR) is 82.5 cm³/mol. The Hall–Kier alpha value is -1.55. The van der Waals surface area contributed by atoms with Crippen LogP contribution in [0.15, 0.2) is 24.3 Å². The summed E-state index contributed by atoms with van der Waals surface area (Å²) in [5.41, 5.74) is 1.13. The molecule has 1 saturated heterocycles. The summed E-state index contributed by atoms with van der Waals surface area (Å²) in [4.78, 5) is 14.0. The number of amides is 1. The first kappa shape index (κ1) is 15.8. The second-order valence-electron chi connectivity index (χ2n) is 5.57. The van der Waals surface area contributed by atoms with Gasteiger partial charge < -0.3 is 14.4 Å². The molecule has 1 aliphatic heterocycles. The number of rotatable bonds is 6. The van der Waals surface area contributed by atoms with E-state index in [0.717, 1.165) is 37.2 Å². The Morgan fingerprint density at radius 2 is 2.19 bits per heavy atom. The molecule has 1 fully saturated rings. The van der Waals surface area contributed by atoms with Crippen LogP contribution in [0.2, 0.25) is 0 Å². The molecule has 4 nitrogen and oxygen atoms in total. The molecule has 1 unspecified atom stereocenters. The SMILES string of the molecule is COc1ccccc1CCN(C)C(=O)CC1CCCCO1. The van der Waals surface area contributed by atoms with Gasteiger partial charge in [0.2, 0.25) is 5.91 Å². The maximum Gasteiger partial charge on any atom is 0.224 e. The van der Waals surface area contributed by atoms with E-state index in [2.05, 4.69) is 0 Å². The Bertz CT molecular complexity index is 455. The molecular weight excluding hydrogens is 266 g/mol. The molecule has 1 atom stereocenters. The third-order valence-corrected chi connectivity index (χ3v) is 4.01. The van der Waals surface area contributed by atoms with Gasteiger partial charge in [-0.3, -0.25) is 4.79 Å². The Balaban J connectivity index is 1.80. The minimum Gasteiger partial charge on any atom is -0.496 e. The molecule has 1 aromatic rings. The molecule has 21 heavy (non-hydrogen) atoms. The topological polar surface area (TPSA) is 38.8 Å². The normalized spacial score (nSPS) is 18.3. The summed E-state index contributed by atoms with van der Waals surface area (Å²) in [5.74, 6) is 1.05. The van der Waals surface area contributed by atoms with Gasteiger partial charge in [0.25, 0.3) is 0 Å². The lowest BCUT2D eigenvalue weighted by Gasteiger charge is -2.25. The number of hydrogen-bond acceptors (Lipinski definition) is 3. The van der Waals surface area contributed by atoms with Crippen LogP contribution in [0.4, 0.5) is 0 Å². The van der Waals surface area contributed by atoms with Crippen LogP contribution >= 0.6 is 0 Å². The number of para-hydroxylation sites is 1. The van der Waals surface area contributed by atoms with Gasteiger partial charge in [0.05, 0.1) is 19.6 Å². The average molecular weight is 291 g/mol. The summed E-state index contributed by atoms with van der Waals surface area (Å²) >= 11 is 0. The minimum absolute atomic E-state index is 0.111. The quantitative estimate of drug-likeness (QED) is 0.809. The van der Waals surface area contributed by atoms with Crippen molar-refractivity contribution in [2.24, 2.45) is 0 Å². The van der Waals surface area contributed by atoms with Gasteiger partial charge in [-0.05, 0) is 37.3 Å². The summed E-state index contributed by atoms with van der Waals surface area (Å²) in [6.45, 7) is 1.49. The van der Waals surface area contributed by atoms with Crippen LogP contribution < -0.4 is 4.74 Å². The van der Waals surface area contributed by atoms with E-state index in [1.54, 1.807) is 12.0 Å². The zero-order valence-electron chi connectivity index (χ0n) is 13.0. The van der Waals surface area contributed by atoms with Crippen molar-refractivity contribution < 1.29 is 14.3 Å². The lowest BCUT2D eigenvalue weighted by molar-refractivity contribution is -0.133. The molecule has 0 N–H and O–H groups in total. The van der Waals surface area contributed by atoms with Crippen LogP contribution in [0.25, 0.3) is 0 Å². The maximum atomic E-state index is 12.2. The standard InChI is InChI=1S/C17H25NO3/c1-18(17(19)13-15-8-5-6-12-21-15)11-10-14-7-3-4-9-16(14)20-2/h3-4,7,9,15H,5-6,8,10-13H2,1-2H3. The molecule has 1 aromatic carbocycles. The summed E-state index contributed by atoms with van der Waals surface area (Å²) in [5, 5.41) is 0. The molecule has 0 aliphatic carbocycles. The van der Waals surface area contributed by atoms with Gasteiger partial charge in [0.1, 0.15) is 5.75 Å². The van der Waals surface area contributed by atoms with Gasteiger partial charge in [-0.15, -0.1) is 0 Å². The van der Waals surface area contributed by atoms with E-state index in [-0.39, 0.29) is 12.0 Å². The van der Waals surface area contributed by atoms with Crippen LogP contribution in [0.3, 0.4) is 0 Å². The van der Waals surface area contributed by atoms with Crippen LogP contribution in [0, 0.1) is 0 Å². The second kappa shape index (κ2) is 8.03. The van der Waals surface area contributed by atoms with E-state index < -0.39 is 0 Å². The number of methoxy groups -OCH3 is 1. The van der Waals surface area contributed by atoms with E-state index in [1.165, 1.54) is 6.42 Å². The van der Waals surface area contributed by atoms with Crippen LogP contribution in [0.1, 0.15) is 31.2 Å². The number of carbonyl (C=O) groups excluding carboxylic acids is 1. The average Bonchev–Trinajstić information content (AvgIpc) is 2.53. The molecule has 2 rings (SSSR count). The number of ether oxygens (including phenoxy) is 2. The molecule has 1 heterocycles. The first-order valence-corrected chi connectivity index (χ1v) is 7.68. The lowest BCUT2D eigenvalue weighted by atomic mass is 10.1. The molecule has 0 bridgehead atoms.